The largest absolute Gasteiger partial charge is 0.336 e. The second-order valence-electron chi connectivity index (χ2n) is 5.13. The van der Waals surface area contributed by atoms with E-state index in [0.29, 0.717) is 5.92 Å². The van der Waals surface area contributed by atoms with E-state index < -0.39 is 5.54 Å². The second kappa shape index (κ2) is 3.01. The molecule has 0 aliphatic heterocycles. The van der Waals surface area contributed by atoms with Gasteiger partial charge < -0.3 is 5.32 Å². The van der Waals surface area contributed by atoms with Crippen LogP contribution in [-0.2, 0) is 4.79 Å². The Labute approximate surface area is 101 Å². The Bertz CT molecular complexity index is 591. The summed E-state index contributed by atoms with van der Waals surface area (Å²) in [4.78, 5) is 12.1. The molecule has 1 unspecified atom stereocenters. The number of carbonyl (C=O) groups is 1. The van der Waals surface area contributed by atoms with Crippen LogP contribution < -0.4 is 5.32 Å². The maximum absolute atomic E-state index is 12.1. The third kappa shape index (κ3) is 1.47. The molecular formula is C15H13NO. The van der Waals surface area contributed by atoms with Gasteiger partial charge in [-0.05, 0) is 42.7 Å². The van der Waals surface area contributed by atoms with Gasteiger partial charge in [-0.3, -0.25) is 4.79 Å². The zero-order valence-corrected chi connectivity index (χ0v) is 9.87. The number of hydrogen-bond donors (Lipinski definition) is 1. The van der Waals surface area contributed by atoms with Crippen LogP contribution in [0.4, 0.5) is 0 Å². The Balaban J connectivity index is 1.80. The van der Waals surface area contributed by atoms with Gasteiger partial charge in [0.1, 0.15) is 0 Å². The fraction of sp³-hybridized carbons (Fsp3) is 0.267. The van der Waals surface area contributed by atoms with Gasteiger partial charge in [0.05, 0.1) is 5.54 Å². The van der Waals surface area contributed by atoms with Gasteiger partial charge in [-0.1, -0.05) is 18.1 Å². The van der Waals surface area contributed by atoms with Crippen LogP contribution in [0.1, 0.15) is 13.8 Å². The summed E-state index contributed by atoms with van der Waals surface area (Å²) in [5.74, 6) is 2.95. The van der Waals surface area contributed by atoms with E-state index in [1.165, 1.54) is 11.1 Å². The number of fused-ring (bicyclic) bond motifs is 3. The molecular weight excluding hydrogens is 210 g/mol. The molecule has 0 radical (unpaired) electrons. The quantitative estimate of drug-likeness (QED) is 0.711. The minimum atomic E-state index is -0.609. The van der Waals surface area contributed by atoms with E-state index in [1.807, 2.05) is 26.0 Å². The van der Waals surface area contributed by atoms with Crippen molar-refractivity contribution in [3.8, 4) is 12.3 Å². The summed E-state index contributed by atoms with van der Waals surface area (Å²) in [6, 6.07) is 0. The van der Waals surface area contributed by atoms with E-state index in [1.54, 1.807) is 0 Å². The fourth-order valence-corrected chi connectivity index (χ4v) is 2.24. The lowest BCUT2D eigenvalue weighted by Gasteiger charge is -2.20. The lowest BCUT2D eigenvalue weighted by Crippen LogP contribution is -2.42. The molecule has 1 atom stereocenters. The number of carbonyl (C=O) groups excluding carboxylic acids is 1. The molecule has 0 saturated carbocycles. The first-order chi connectivity index (χ1) is 8.02. The average Bonchev–Trinajstić information content (AvgIpc) is 2.75. The van der Waals surface area contributed by atoms with Crippen LogP contribution in [-0.4, -0.2) is 11.4 Å². The van der Waals surface area contributed by atoms with Crippen LogP contribution in [0.5, 0.6) is 0 Å². The van der Waals surface area contributed by atoms with Crippen LogP contribution >= 0.6 is 0 Å². The zero-order chi connectivity index (χ0) is 12.2. The predicted octanol–water partition coefficient (Wildman–Crippen LogP) is 1.88. The molecule has 84 valence electrons. The molecule has 0 saturated heterocycles. The maximum Gasteiger partial charge on any atom is 0.253 e. The minimum Gasteiger partial charge on any atom is -0.336 e. The van der Waals surface area contributed by atoms with Crippen LogP contribution in [0.25, 0.3) is 0 Å². The van der Waals surface area contributed by atoms with E-state index in [4.69, 9.17) is 6.42 Å². The van der Waals surface area contributed by atoms with Crippen molar-refractivity contribution < 1.29 is 4.79 Å². The number of nitrogens with one attached hydrogen (secondary N) is 1. The number of terminal acetylenes is 1. The Morgan fingerprint density at radius 3 is 2.94 bits per heavy atom. The highest BCUT2D eigenvalue weighted by Gasteiger charge is 2.39. The Kier molecular flexibility index (Phi) is 1.80. The van der Waals surface area contributed by atoms with Crippen LogP contribution in [0.2, 0.25) is 0 Å². The van der Waals surface area contributed by atoms with E-state index in [-0.39, 0.29) is 5.91 Å². The van der Waals surface area contributed by atoms with Gasteiger partial charge in [0.15, 0.2) is 0 Å². The lowest BCUT2D eigenvalue weighted by molar-refractivity contribution is -0.118. The SMILES string of the molecule is C#CC(C)(C)NC(=O)C1=CC=C2C1=CC1=CC12. The summed E-state index contributed by atoms with van der Waals surface area (Å²) in [6.45, 7) is 3.63. The highest BCUT2D eigenvalue weighted by Crippen LogP contribution is 2.51. The molecule has 17 heavy (non-hydrogen) atoms. The van der Waals surface area contributed by atoms with Crippen LogP contribution in [0.3, 0.4) is 0 Å². The van der Waals surface area contributed by atoms with Gasteiger partial charge in [0.2, 0.25) is 0 Å². The standard InChI is InChI=1S/C15H13NO/c1-4-15(2,3)16-14(17)11-6-5-10-12-7-9(12)8-13(10)11/h1,5-8,12H,2-3H3,(H,16,17). The van der Waals surface area contributed by atoms with Crippen molar-refractivity contribution in [2.24, 2.45) is 5.92 Å². The summed E-state index contributed by atoms with van der Waals surface area (Å²) in [6.07, 6.45) is 13.6. The Hall–Kier alpha value is -2.01. The molecule has 0 heterocycles. The first-order valence-electron chi connectivity index (χ1n) is 5.68. The Morgan fingerprint density at radius 2 is 2.24 bits per heavy atom. The molecule has 3 rings (SSSR count). The summed E-state index contributed by atoms with van der Waals surface area (Å²) in [5.41, 5.74) is 3.78. The number of allylic oxidation sites excluding steroid dienone is 6. The van der Waals surface area contributed by atoms with E-state index >= 15 is 0 Å². The van der Waals surface area contributed by atoms with Gasteiger partial charge in [0, 0.05) is 11.5 Å². The topological polar surface area (TPSA) is 29.1 Å². The number of amides is 1. The van der Waals surface area contributed by atoms with Crippen molar-refractivity contribution in [3.05, 3.63) is 46.6 Å². The molecule has 0 bridgehead atoms. The molecule has 1 amide bonds. The molecule has 0 aromatic carbocycles. The Morgan fingerprint density at radius 1 is 1.47 bits per heavy atom. The molecule has 0 spiro atoms. The molecule has 3 aliphatic rings. The second-order valence-corrected chi connectivity index (χ2v) is 5.13. The molecule has 0 aromatic heterocycles. The van der Waals surface area contributed by atoms with E-state index in [2.05, 4.69) is 23.4 Å². The van der Waals surface area contributed by atoms with Gasteiger partial charge in [-0.2, -0.15) is 0 Å². The van der Waals surface area contributed by atoms with Gasteiger partial charge >= 0.3 is 0 Å². The normalized spacial score (nSPS) is 23.7. The average molecular weight is 223 g/mol. The van der Waals surface area contributed by atoms with Gasteiger partial charge in [0.25, 0.3) is 5.91 Å². The van der Waals surface area contributed by atoms with Crippen molar-refractivity contribution in [2.45, 2.75) is 19.4 Å². The number of hydrogen-bond acceptors (Lipinski definition) is 1. The third-order valence-corrected chi connectivity index (χ3v) is 3.32. The summed E-state index contributed by atoms with van der Waals surface area (Å²) in [7, 11) is 0. The van der Waals surface area contributed by atoms with Crippen molar-refractivity contribution >= 4 is 5.91 Å². The highest BCUT2D eigenvalue weighted by molar-refractivity contribution is 6.03. The van der Waals surface area contributed by atoms with Crippen LogP contribution in [0, 0.1) is 18.3 Å². The number of rotatable bonds is 2. The van der Waals surface area contributed by atoms with Crippen molar-refractivity contribution in [2.75, 3.05) is 0 Å². The monoisotopic (exact) mass is 223 g/mol. The molecule has 0 fully saturated rings. The zero-order valence-electron chi connectivity index (χ0n) is 9.87. The van der Waals surface area contributed by atoms with Gasteiger partial charge in [-0.25, -0.2) is 0 Å². The summed E-state index contributed by atoms with van der Waals surface area (Å²) in [5, 5.41) is 2.85. The molecule has 3 aliphatic carbocycles. The molecule has 0 aromatic rings. The van der Waals surface area contributed by atoms with Crippen molar-refractivity contribution in [1.82, 2.24) is 5.32 Å². The molecule has 2 heteroatoms. The van der Waals surface area contributed by atoms with Crippen molar-refractivity contribution in [1.29, 1.82) is 0 Å². The highest BCUT2D eigenvalue weighted by atomic mass is 16.1. The summed E-state index contributed by atoms with van der Waals surface area (Å²) < 4.78 is 0. The first kappa shape index (κ1) is 10.2. The minimum absolute atomic E-state index is 0.0904. The molecule has 1 N–H and O–H groups in total. The fourth-order valence-electron chi connectivity index (χ4n) is 2.24. The maximum atomic E-state index is 12.1. The van der Waals surface area contributed by atoms with Gasteiger partial charge in [-0.15, -0.1) is 6.42 Å². The molecule has 2 nitrogen and oxygen atoms in total. The van der Waals surface area contributed by atoms with Crippen LogP contribution in [0.15, 0.2) is 46.6 Å². The van der Waals surface area contributed by atoms with E-state index in [9.17, 15) is 4.79 Å². The van der Waals surface area contributed by atoms with E-state index in [0.717, 1.165) is 11.1 Å². The first-order valence-corrected chi connectivity index (χ1v) is 5.68. The predicted molar refractivity (Wildman–Crippen MR) is 66.9 cm³/mol. The lowest BCUT2D eigenvalue weighted by atomic mass is 10.0. The summed E-state index contributed by atoms with van der Waals surface area (Å²) >= 11 is 0. The van der Waals surface area contributed by atoms with Crippen molar-refractivity contribution in [3.63, 3.8) is 0 Å². The third-order valence-electron chi connectivity index (χ3n) is 3.32. The smallest absolute Gasteiger partial charge is 0.253 e.